The van der Waals surface area contributed by atoms with Crippen molar-refractivity contribution in [1.29, 1.82) is 0 Å². The Morgan fingerprint density at radius 3 is 2.09 bits per heavy atom. The lowest BCUT2D eigenvalue weighted by Gasteiger charge is -2.67. The first-order chi connectivity index (χ1) is 25.3. The topological polar surface area (TPSA) is 221 Å². The third-order valence-electron chi connectivity index (χ3n) is 12.3. The molecule has 3 fully saturated rings. The van der Waals surface area contributed by atoms with Gasteiger partial charge in [-0.05, 0) is 42.5 Å². The number of benzene rings is 1. The fourth-order valence-corrected chi connectivity index (χ4v) is 9.35. The van der Waals surface area contributed by atoms with Gasteiger partial charge in [0.15, 0.2) is 23.6 Å². The van der Waals surface area contributed by atoms with E-state index in [0.717, 1.165) is 13.8 Å². The molecule has 9 unspecified atom stereocenters. The van der Waals surface area contributed by atoms with Crippen molar-refractivity contribution in [3.63, 3.8) is 0 Å². The molecule has 3 aliphatic carbocycles. The number of hydrogen-bond acceptors (Lipinski definition) is 14. The number of ether oxygens (including phenoxy) is 5. The summed E-state index contributed by atoms with van der Waals surface area (Å²) in [7, 11) is 0. The van der Waals surface area contributed by atoms with Crippen molar-refractivity contribution in [2.45, 2.75) is 136 Å². The van der Waals surface area contributed by atoms with E-state index in [4.69, 9.17) is 23.7 Å². The highest BCUT2D eigenvalue weighted by Gasteiger charge is 2.78. The minimum Gasteiger partial charge on any atom is -0.456 e. The molecule has 15 nitrogen and oxygen atoms in total. The van der Waals surface area contributed by atoms with E-state index in [9.17, 15) is 39.3 Å². The van der Waals surface area contributed by atoms with Gasteiger partial charge in [-0.1, -0.05) is 52.8 Å². The van der Waals surface area contributed by atoms with Gasteiger partial charge in [0, 0.05) is 39.0 Å². The molecule has 1 aromatic carbocycles. The third kappa shape index (κ3) is 6.87. The fraction of sp³-hybridized carbons (Fsp3) is 0.650. The van der Waals surface area contributed by atoms with Crippen LogP contribution in [0.3, 0.4) is 0 Å². The molecule has 55 heavy (non-hydrogen) atoms. The van der Waals surface area contributed by atoms with E-state index < -0.39 is 118 Å². The molecule has 2 bridgehead atoms. The molecule has 2 saturated carbocycles. The van der Waals surface area contributed by atoms with Crippen molar-refractivity contribution in [3.8, 4) is 0 Å². The summed E-state index contributed by atoms with van der Waals surface area (Å²) in [6.45, 7) is 14.3. The monoisotopic (exact) mass is 771 g/mol. The van der Waals surface area contributed by atoms with E-state index in [1.165, 1.54) is 32.9 Å². The van der Waals surface area contributed by atoms with Crippen molar-refractivity contribution < 1.29 is 67.8 Å². The second-order valence-corrected chi connectivity index (χ2v) is 17.2. The summed E-state index contributed by atoms with van der Waals surface area (Å²) in [6.07, 6.45) is -10.2. The average molecular weight is 772 g/mol. The predicted octanol–water partition coefficient (Wildman–Crippen LogP) is 2.12. The Bertz CT molecular complexity index is 1780. The first-order valence-corrected chi connectivity index (χ1v) is 18.4. The Labute approximate surface area is 320 Å². The number of amides is 1. The highest BCUT2D eigenvalue weighted by atomic mass is 16.6. The van der Waals surface area contributed by atoms with Gasteiger partial charge in [0.1, 0.15) is 23.9 Å². The maximum atomic E-state index is 15.3. The standard InChI is InChI=1S/C40H53NO14/c1-19-24(53-35(49)28(46)31(36(5,6)7)41-20(2)42)17-40(50)33(54-34(48)23-14-12-11-13-15-23)30-38(10,25(45)16-26-39(30,18-51-26)55-22(4)44)32(47)29(52-21(3)43)27(19)37(40,8)9/h11-15,24-26,28-31,33,45-46,50H,16-18H2,1-10H3,(H,41,42)/t24?,25?,26?,28?,29?,30?,31-,33?,38-,39?,40?/m1/s1. The number of rotatable bonds is 8. The third-order valence-corrected chi connectivity index (χ3v) is 12.3. The zero-order valence-corrected chi connectivity index (χ0v) is 33.0. The van der Waals surface area contributed by atoms with Gasteiger partial charge in [-0.3, -0.25) is 19.2 Å². The second-order valence-electron chi connectivity index (χ2n) is 17.2. The van der Waals surface area contributed by atoms with E-state index in [-0.39, 0.29) is 29.7 Å². The molecule has 302 valence electrons. The van der Waals surface area contributed by atoms with Gasteiger partial charge in [-0.2, -0.15) is 0 Å². The number of fused-ring (bicyclic) bond motifs is 5. The largest absolute Gasteiger partial charge is 0.456 e. The quantitative estimate of drug-likeness (QED) is 0.169. The summed E-state index contributed by atoms with van der Waals surface area (Å²) in [5.74, 6) is -6.62. The van der Waals surface area contributed by atoms with Gasteiger partial charge in [-0.15, -0.1) is 0 Å². The number of carbonyl (C=O) groups excluding carboxylic acids is 6. The zero-order chi connectivity index (χ0) is 41.2. The second kappa shape index (κ2) is 14.4. The Kier molecular flexibility index (Phi) is 11.0. The van der Waals surface area contributed by atoms with E-state index >= 15 is 4.79 Å². The van der Waals surface area contributed by atoms with Crippen LogP contribution in [0.4, 0.5) is 0 Å². The van der Waals surface area contributed by atoms with Crippen molar-refractivity contribution in [3.05, 3.63) is 47.0 Å². The van der Waals surface area contributed by atoms with Crippen LogP contribution in [0.5, 0.6) is 0 Å². The van der Waals surface area contributed by atoms with Gasteiger partial charge in [0.05, 0.1) is 35.6 Å². The molecule has 1 heterocycles. The van der Waals surface area contributed by atoms with Crippen LogP contribution < -0.4 is 5.32 Å². The number of hydrogen-bond donors (Lipinski definition) is 4. The molecule has 1 amide bonds. The lowest BCUT2D eigenvalue weighted by atomic mass is 9.44. The number of Topliss-reactive ketones (excluding diaryl/α,β-unsaturated/α-hetero) is 1. The summed E-state index contributed by atoms with van der Waals surface area (Å²) in [6, 6.07) is 6.74. The van der Waals surface area contributed by atoms with E-state index in [1.54, 1.807) is 52.8 Å². The Hall–Kier alpha value is -4.18. The number of esters is 4. The zero-order valence-electron chi connectivity index (χ0n) is 33.0. The van der Waals surface area contributed by atoms with Crippen LogP contribution >= 0.6 is 0 Å². The molecule has 1 saturated heterocycles. The first-order valence-electron chi connectivity index (χ1n) is 18.4. The van der Waals surface area contributed by atoms with Crippen LogP contribution in [0.2, 0.25) is 0 Å². The molecule has 15 heteroatoms. The molecule has 0 radical (unpaired) electrons. The summed E-state index contributed by atoms with van der Waals surface area (Å²) >= 11 is 0. The fourth-order valence-electron chi connectivity index (χ4n) is 9.35. The molecule has 4 N–H and O–H groups in total. The number of ketones is 1. The lowest BCUT2D eigenvalue weighted by molar-refractivity contribution is -0.346. The van der Waals surface area contributed by atoms with E-state index in [1.807, 2.05) is 0 Å². The first kappa shape index (κ1) is 42.0. The van der Waals surface area contributed by atoms with Crippen molar-refractivity contribution in [2.24, 2.45) is 22.2 Å². The minimum absolute atomic E-state index is 0.0177. The van der Waals surface area contributed by atoms with Crippen LogP contribution in [0.1, 0.15) is 92.4 Å². The highest BCUT2D eigenvalue weighted by Crippen LogP contribution is 2.64. The Balaban J connectivity index is 1.79. The molecular weight excluding hydrogens is 718 g/mol. The maximum absolute atomic E-state index is 15.3. The van der Waals surface area contributed by atoms with Gasteiger partial charge >= 0.3 is 23.9 Å². The minimum atomic E-state index is -2.35. The van der Waals surface area contributed by atoms with Crippen LogP contribution in [-0.4, -0.2) is 111 Å². The van der Waals surface area contributed by atoms with Crippen molar-refractivity contribution >= 4 is 35.6 Å². The van der Waals surface area contributed by atoms with Gasteiger partial charge in [0.2, 0.25) is 5.91 Å². The molecule has 5 rings (SSSR count). The van der Waals surface area contributed by atoms with Crippen molar-refractivity contribution in [2.75, 3.05) is 6.61 Å². The predicted molar refractivity (Wildman–Crippen MR) is 192 cm³/mol. The smallest absolute Gasteiger partial charge is 0.338 e. The Morgan fingerprint density at radius 1 is 0.964 bits per heavy atom. The SMILES string of the molecule is CC(=O)N[C@H](C(O)C(=O)OC1CC2(O)C(OC(=O)c3ccccc3)C3C4(OC(C)=O)COC4CC(O)[C@@]3(C)C(=O)C(OC(C)=O)C(=C1C)C2(C)C)C(C)(C)C. The average Bonchev–Trinajstić information content (AvgIpc) is 3.07. The number of aliphatic hydroxyl groups is 3. The molecule has 1 aliphatic heterocycles. The molecule has 4 aliphatic rings. The van der Waals surface area contributed by atoms with Crippen LogP contribution in [-0.2, 0) is 47.7 Å². The number of aliphatic hydroxyl groups excluding tert-OH is 2. The Morgan fingerprint density at radius 2 is 1.58 bits per heavy atom. The molecule has 0 aromatic heterocycles. The van der Waals surface area contributed by atoms with Crippen LogP contribution in [0.15, 0.2) is 41.5 Å². The van der Waals surface area contributed by atoms with Gasteiger partial charge in [-0.25, -0.2) is 9.59 Å². The lowest BCUT2D eigenvalue weighted by Crippen LogP contribution is -2.82. The normalized spacial score (nSPS) is 34.9. The molecule has 1 aromatic rings. The van der Waals surface area contributed by atoms with Gasteiger partial charge < -0.3 is 44.3 Å². The maximum Gasteiger partial charge on any atom is 0.338 e. The summed E-state index contributed by atoms with van der Waals surface area (Å²) < 4.78 is 30.0. The summed E-state index contributed by atoms with van der Waals surface area (Å²) in [4.78, 5) is 81.1. The molecular formula is C40H53NO14. The van der Waals surface area contributed by atoms with E-state index in [2.05, 4.69) is 5.32 Å². The highest BCUT2D eigenvalue weighted by molar-refractivity contribution is 5.95. The van der Waals surface area contributed by atoms with Crippen LogP contribution in [0, 0.1) is 22.2 Å². The summed E-state index contributed by atoms with van der Waals surface area (Å²) in [5.41, 5.74) is -8.29. The molecule has 0 spiro atoms. The number of nitrogens with one attached hydrogen (secondary N) is 1. The van der Waals surface area contributed by atoms with E-state index in [0.29, 0.717) is 0 Å². The van der Waals surface area contributed by atoms with Crippen LogP contribution in [0.25, 0.3) is 0 Å². The van der Waals surface area contributed by atoms with Crippen molar-refractivity contribution in [1.82, 2.24) is 5.32 Å². The molecule has 11 atom stereocenters. The van der Waals surface area contributed by atoms with Gasteiger partial charge in [0.25, 0.3) is 0 Å². The number of carbonyl (C=O) groups is 6. The summed E-state index contributed by atoms with van der Waals surface area (Å²) in [5, 5.41) is 39.4.